The standard InChI is InChI=1S/C20H22F2N2O3/c1-3-24(14(2)25)13-16-6-4-5-7-18(16)23-19(26)12-15-8-10-17(11-9-15)27-20(21)22/h4-11,20H,3,12-13H2,1-2H3,(H,23,26). The molecule has 2 aromatic carbocycles. The summed E-state index contributed by atoms with van der Waals surface area (Å²) in [5.74, 6) is -0.232. The second-order valence-corrected chi connectivity index (χ2v) is 5.94. The molecular weight excluding hydrogens is 354 g/mol. The highest BCUT2D eigenvalue weighted by atomic mass is 19.3. The fraction of sp³-hybridized carbons (Fsp3) is 0.300. The van der Waals surface area contributed by atoms with Gasteiger partial charge in [0.25, 0.3) is 0 Å². The molecule has 2 aromatic rings. The summed E-state index contributed by atoms with van der Waals surface area (Å²) >= 11 is 0. The minimum atomic E-state index is -2.88. The number of para-hydroxylation sites is 1. The number of ether oxygens (including phenoxy) is 1. The van der Waals surface area contributed by atoms with E-state index >= 15 is 0 Å². The van der Waals surface area contributed by atoms with E-state index in [0.29, 0.717) is 24.3 Å². The molecule has 2 amide bonds. The van der Waals surface area contributed by atoms with Gasteiger partial charge in [-0.3, -0.25) is 9.59 Å². The van der Waals surface area contributed by atoms with Crippen molar-refractivity contribution in [2.45, 2.75) is 33.4 Å². The van der Waals surface area contributed by atoms with Gasteiger partial charge in [-0.25, -0.2) is 0 Å². The van der Waals surface area contributed by atoms with E-state index in [9.17, 15) is 18.4 Å². The first kappa shape index (κ1) is 20.4. The lowest BCUT2D eigenvalue weighted by molar-refractivity contribution is -0.129. The van der Waals surface area contributed by atoms with Crippen LogP contribution >= 0.6 is 0 Å². The fourth-order valence-electron chi connectivity index (χ4n) is 2.60. The fourth-order valence-corrected chi connectivity index (χ4v) is 2.60. The molecule has 2 rings (SSSR count). The van der Waals surface area contributed by atoms with Crippen molar-refractivity contribution in [3.05, 3.63) is 59.7 Å². The summed E-state index contributed by atoms with van der Waals surface area (Å²) in [6, 6.07) is 13.2. The molecule has 0 fully saturated rings. The van der Waals surface area contributed by atoms with Crippen LogP contribution in [-0.2, 0) is 22.6 Å². The number of hydrogen-bond donors (Lipinski definition) is 1. The molecule has 27 heavy (non-hydrogen) atoms. The molecular formula is C20H22F2N2O3. The zero-order valence-corrected chi connectivity index (χ0v) is 15.2. The molecule has 5 nitrogen and oxygen atoms in total. The summed E-state index contributed by atoms with van der Waals surface area (Å²) in [5.41, 5.74) is 2.15. The number of benzene rings is 2. The number of carbonyl (C=O) groups is 2. The maximum atomic E-state index is 12.3. The number of nitrogens with one attached hydrogen (secondary N) is 1. The Kier molecular flexibility index (Phi) is 7.28. The predicted molar refractivity (Wildman–Crippen MR) is 98.6 cm³/mol. The number of carbonyl (C=O) groups excluding carboxylic acids is 2. The van der Waals surface area contributed by atoms with Gasteiger partial charge in [-0.2, -0.15) is 8.78 Å². The largest absolute Gasteiger partial charge is 0.435 e. The molecule has 144 valence electrons. The third kappa shape index (κ3) is 6.36. The highest BCUT2D eigenvalue weighted by Gasteiger charge is 2.12. The van der Waals surface area contributed by atoms with E-state index in [1.165, 1.54) is 19.1 Å². The van der Waals surface area contributed by atoms with Gasteiger partial charge in [0, 0.05) is 25.7 Å². The average Bonchev–Trinajstić information content (AvgIpc) is 2.61. The van der Waals surface area contributed by atoms with E-state index in [1.54, 1.807) is 29.2 Å². The van der Waals surface area contributed by atoms with Gasteiger partial charge in [-0.05, 0) is 36.2 Å². The van der Waals surface area contributed by atoms with Gasteiger partial charge < -0.3 is 15.0 Å². The van der Waals surface area contributed by atoms with E-state index in [2.05, 4.69) is 10.1 Å². The molecule has 1 N–H and O–H groups in total. The minimum absolute atomic E-state index is 0.0373. The highest BCUT2D eigenvalue weighted by Crippen LogP contribution is 2.19. The first-order valence-corrected chi connectivity index (χ1v) is 8.56. The number of rotatable bonds is 8. The smallest absolute Gasteiger partial charge is 0.387 e. The maximum Gasteiger partial charge on any atom is 0.387 e. The number of anilines is 1. The van der Waals surface area contributed by atoms with Crippen molar-refractivity contribution in [2.24, 2.45) is 0 Å². The van der Waals surface area contributed by atoms with Crippen molar-refractivity contribution < 1.29 is 23.1 Å². The summed E-state index contributed by atoms with van der Waals surface area (Å²) in [6.45, 7) is 1.50. The molecule has 0 spiro atoms. The number of amides is 2. The third-order valence-electron chi connectivity index (χ3n) is 3.99. The van der Waals surface area contributed by atoms with Gasteiger partial charge in [-0.1, -0.05) is 30.3 Å². The molecule has 0 aliphatic heterocycles. The van der Waals surface area contributed by atoms with Gasteiger partial charge >= 0.3 is 6.61 Å². The van der Waals surface area contributed by atoms with Crippen LogP contribution in [0.2, 0.25) is 0 Å². The van der Waals surface area contributed by atoms with Crippen LogP contribution in [0.5, 0.6) is 5.75 Å². The van der Waals surface area contributed by atoms with Crippen molar-refractivity contribution in [3.8, 4) is 5.75 Å². The highest BCUT2D eigenvalue weighted by molar-refractivity contribution is 5.93. The van der Waals surface area contributed by atoms with Crippen molar-refractivity contribution in [1.82, 2.24) is 4.90 Å². The summed E-state index contributed by atoms with van der Waals surface area (Å²) in [7, 11) is 0. The molecule has 0 radical (unpaired) electrons. The normalized spacial score (nSPS) is 10.6. The average molecular weight is 376 g/mol. The zero-order chi connectivity index (χ0) is 19.8. The van der Waals surface area contributed by atoms with E-state index < -0.39 is 6.61 Å². The van der Waals surface area contributed by atoms with Gasteiger partial charge in [0.05, 0.1) is 6.42 Å². The Morgan fingerprint density at radius 1 is 1.11 bits per heavy atom. The van der Waals surface area contributed by atoms with Crippen LogP contribution in [0.1, 0.15) is 25.0 Å². The maximum absolute atomic E-state index is 12.3. The van der Waals surface area contributed by atoms with E-state index in [4.69, 9.17) is 0 Å². The summed E-state index contributed by atoms with van der Waals surface area (Å²) in [6.07, 6.45) is 0.0908. The first-order chi connectivity index (χ1) is 12.9. The predicted octanol–water partition coefficient (Wildman–Crippen LogP) is 3.84. The molecule has 0 saturated carbocycles. The molecule has 0 unspecified atom stereocenters. The van der Waals surface area contributed by atoms with Gasteiger partial charge in [0.1, 0.15) is 5.75 Å². The van der Waals surface area contributed by atoms with Crippen LogP contribution < -0.4 is 10.1 Å². The summed E-state index contributed by atoms with van der Waals surface area (Å²) in [5, 5.41) is 2.85. The van der Waals surface area contributed by atoms with Crippen LogP contribution in [0.25, 0.3) is 0 Å². The first-order valence-electron chi connectivity index (χ1n) is 8.56. The lowest BCUT2D eigenvalue weighted by Gasteiger charge is -2.21. The van der Waals surface area contributed by atoms with Crippen LogP contribution in [0, 0.1) is 0 Å². The van der Waals surface area contributed by atoms with Crippen LogP contribution in [0.3, 0.4) is 0 Å². The molecule has 0 bridgehead atoms. The van der Waals surface area contributed by atoms with Crippen molar-refractivity contribution in [3.63, 3.8) is 0 Å². The lowest BCUT2D eigenvalue weighted by atomic mass is 10.1. The number of nitrogens with zero attached hydrogens (tertiary/aromatic N) is 1. The van der Waals surface area contributed by atoms with E-state index in [0.717, 1.165) is 5.56 Å². The number of alkyl halides is 2. The van der Waals surface area contributed by atoms with Crippen LogP contribution in [0.15, 0.2) is 48.5 Å². The minimum Gasteiger partial charge on any atom is -0.435 e. The Balaban J connectivity index is 2.02. The van der Waals surface area contributed by atoms with Crippen LogP contribution in [-0.4, -0.2) is 29.9 Å². The summed E-state index contributed by atoms with van der Waals surface area (Å²) in [4.78, 5) is 25.6. The van der Waals surface area contributed by atoms with Gasteiger partial charge in [0.15, 0.2) is 0 Å². The summed E-state index contributed by atoms with van der Waals surface area (Å²) < 4.78 is 28.6. The van der Waals surface area contributed by atoms with Crippen molar-refractivity contribution in [2.75, 3.05) is 11.9 Å². The Labute approximate surface area is 156 Å². The lowest BCUT2D eigenvalue weighted by Crippen LogP contribution is -2.28. The SMILES string of the molecule is CCN(Cc1ccccc1NC(=O)Cc1ccc(OC(F)F)cc1)C(C)=O. The number of halogens is 2. The number of hydrogen-bond acceptors (Lipinski definition) is 3. The second kappa shape index (κ2) is 9.66. The molecule has 7 heteroatoms. The molecule has 0 aliphatic rings. The Morgan fingerprint density at radius 2 is 1.78 bits per heavy atom. The molecule has 0 atom stereocenters. The van der Waals surface area contributed by atoms with E-state index in [-0.39, 0.29) is 24.0 Å². The van der Waals surface area contributed by atoms with E-state index in [1.807, 2.05) is 19.1 Å². The Morgan fingerprint density at radius 3 is 2.37 bits per heavy atom. The quantitative estimate of drug-likeness (QED) is 0.762. The molecule has 0 aromatic heterocycles. The van der Waals surface area contributed by atoms with Crippen LogP contribution in [0.4, 0.5) is 14.5 Å². The Bertz CT molecular complexity index is 779. The second-order valence-electron chi connectivity index (χ2n) is 5.94. The third-order valence-corrected chi connectivity index (χ3v) is 3.99. The van der Waals surface area contributed by atoms with Crippen molar-refractivity contribution >= 4 is 17.5 Å². The molecule has 0 aliphatic carbocycles. The van der Waals surface area contributed by atoms with Crippen molar-refractivity contribution in [1.29, 1.82) is 0 Å². The monoisotopic (exact) mass is 376 g/mol. The zero-order valence-electron chi connectivity index (χ0n) is 15.2. The molecule has 0 heterocycles. The molecule has 0 saturated heterocycles. The topological polar surface area (TPSA) is 58.6 Å². The Hall–Kier alpha value is -2.96. The van der Waals surface area contributed by atoms with Gasteiger partial charge in [-0.15, -0.1) is 0 Å². The van der Waals surface area contributed by atoms with Gasteiger partial charge in [0.2, 0.25) is 11.8 Å².